The number of halogens is 1. The fraction of sp³-hybridized carbons (Fsp3) is 0.562. The summed E-state index contributed by atoms with van der Waals surface area (Å²) in [6.07, 6.45) is 1.62. The van der Waals surface area contributed by atoms with Gasteiger partial charge in [-0.25, -0.2) is 4.98 Å². The van der Waals surface area contributed by atoms with E-state index in [4.69, 9.17) is 16.3 Å². The maximum atomic E-state index is 12.8. The maximum absolute atomic E-state index is 12.8. The van der Waals surface area contributed by atoms with Crippen LogP contribution in [0.4, 0.5) is 5.82 Å². The Morgan fingerprint density at radius 2 is 1.96 bits per heavy atom. The Labute approximate surface area is 146 Å². The monoisotopic (exact) mass is 352 g/mol. The largest absolute Gasteiger partial charge is 0.377 e. The lowest BCUT2D eigenvalue weighted by Gasteiger charge is -2.40. The molecule has 2 amide bonds. The number of aromatic nitrogens is 1. The van der Waals surface area contributed by atoms with Gasteiger partial charge in [0.1, 0.15) is 11.9 Å². The molecule has 24 heavy (non-hydrogen) atoms. The number of carbonyl (C=O) groups excluding carboxylic acids is 2. The van der Waals surface area contributed by atoms with Crippen molar-refractivity contribution in [3.8, 4) is 0 Å². The van der Waals surface area contributed by atoms with E-state index in [1.54, 1.807) is 11.1 Å². The lowest BCUT2D eigenvalue weighted by atomic mass is 10.1. The average molecular weight is 353 g/mol. The topological polar surface area (TPSA) is 66.0 Å². The fourth-order valence-electron chi connectivity index (χ4n) is 3.11. The van der Waals surface area contributed by atoms with Crippen molar-refractivity contribution < 1.29 is 14.3 Å². The molecule has 3 rings (SSSR count). The van der Waals surface area contributed by atoms with E-state index in [0.717, 1.165) is 5.82 Å². The van der Waals surface area contributed by atoms with Crippen LogP contribution in [0.25, 0.3) is 0 Å². The molecule has 130 valence electrons. The van der Waals surface area contributed by atoms with E-state index in [1.807, 2.05) is 17.0 Å². The zero-order chi connectivity index (χ0) is 17.1. The van der Waals surface area contributed by atoms with Gasteiger partial charge >= 0.3 is 0 Å². The van der Waals surface area contributed by atoms with Crippen molar-refractivity contribution >= 4 is 29.2 Å². The molecule has 0 bridgehead atoms. The Morgan fingerprint density at radius 3 is 2.58 bits per heavy atom. The van der Waals surface area contributed by atoms with Gasteiger partial charge in [0, 0.05) is 45.8 Å². The number of morpholine rings is 1. The van der Waals surface area contributed by atoms with Crippen LogP contribution in [0.3, 0.4) is 0 Å². The van der Waals surface area contributed by atoms with Crippen LogP contribution in [0.5, 0.6) is 0 Å². The van der Waals surface area contributed by atoms with Crippen molar-refractivity contribution in [1.29, 1.82) is 0 Å². The maximum Gasteiger partial charge on any atom is 0.247 e. The van der Waals surface area contributed by atoms with Gasteiger partial charge in [-0.3, -0.25) is 9.59 Å². The number of anilines is 1. The first-order chi connectivity index (χ1) is 11.6. The quantitative estimate of drug-likeness (QED) is 0.781. The van der Waals surface area contributed by atoms with Gasteiger partial charge < -0.3 is 19.4 Å². The molecule has 7 nitrogen and oxygen atoms in total. The van der Waals surface area contributed by atoms with Crippen molar-refractivity contribution in [2.75, 3.05) is 50.8 Å². The summed E-state index contributed by atoms with van der Waals surface area (Å²) in [5.74, 6) is 0.743. The second-order valence-electron chi connectivity index (χ2n) is 5.95. The van der Waals surface area contributed by atoms with Crippen LogP contribution in [-0.2, 0) is 14.3 Å². The van der Waals surface area contributed by atoms with E-state index in [2.05, 4.69) is 9.88 Å². The molecule has 2 fully saturated rings. The van der Waals surface area contributed by atoms with Gasteiger partial charge in [-0.05, 0) is 12.1 Å². The third-order valence-corrected chi connectivity index (χ3v) is 4.67. The molecule has 1 aromatic heterocycles. The summed E-state index contributed by atoms with van der Waals surface area (Å²) in [4.78, 5) is 34.3. The van der Waals surface area contributed by atoms with E-state index in [9.17, 15) is 9.59 Å². The highest BCUT2D eigenvalue weighted by atomic mass is 35.5. The first-order valence-electron chi connectivity index (χ1n) is 8.06. The molecule has 2 aliphatic heterocycles. The summed E-state index contributed by atoms with van der Waals surface area (Å²) < 4.78 is 5.40. The minimum absolute atomic E-state index is 0.0337. The van der Waals surface area contributed by atoms with Crippen molar-refractivity contribution in [2.45, 2.75) is 13.0 Å². The van der Waals surface area contributed by atoms with Crippen LogP contribution < -0.4 is 4.90 Å². The van der Waals surface area contributed by atoms with Crippen molar-refractivity contribution in [3.05, 3.63) is 23.4 Å². The van der Waals surface area contributed by atoms with Crippen LogP contribution in [0.15, 0.2) is 18.3 Å². The SMILES string of the molecule is CC(=O)N1CCOCC1C(=O)N1CCN(c2ccc(Cl)cn2)CC1. The first-order valence-corrected chi connectivity index (χ1v) is 8.44. The van der Waals surface area contributed by atoms with Gasteiger partial charge in [0.05, 0.1) is 18.2 Å². The lowest BCUT2D eigenvalue weighted by Crippen LogP contribution is -2.59. The van der Waals surface area contributed by atoms with Gasteiger partial charge in [0.2, 0.25) is 11.8 Å². The number of ether oxygens (including phenoxy) is 1. The molecular formula is C16H21ClN4O3. The van der Waals surface area contributed by atoms with Crippen LogP contribution >= 0.6 is 11.6 Å². The fourth-order valence-corrected chi connectivity index (χ4v) is 3.22. The number of hydrogen-bond donors (Lipinski definition) is 0. The molecule has 3 heterocycles. The highest BCUT2D eigenvalue weighted by Gasteiger charge is 2.35. The Bertz CT molecular complexity index is 602. The van der Waals surface area contributed by atoms with Crippen LogP contribution in [0, 0.1) is 0 Å². The Balaban J connectivity index is 1.60. The Hall–Kier alpha value is -1.86. The number of rotatable bonds is 2. The molecule has 8 heteroatoms. The summed E-state index contributed by atoms with van der Waals surface area (Å²) in [6.45, 7) is 5.34. The predicted octanol–water partition coefficient (Wildman–Crippen LogP) is 0.631. The molecule has 2 aliphatic rings. The number of piperazine rings is 1. The van der Waals surface area contributed by atoms with E-state index in [0.29, 0.717) is 44.4 Å². The third kappa shape index (κ3) is 3.62. The van der Waals surface area contributed by atoms with Gasteiger partial charge in [0.15, 0.2) is 0 Å². The summed E-state index contributed by atoms with van der Waals surface area (Å²) in [7, 11) is 0. The second-order valence-corrected chi connectivity index (χ2v) is 6.39. The summed E-state index contributed by atoms with van der Waals surface area (Å²) >= 11 is 5.86. The van der Waals surface area contributed by atoms with Crippen LogP contribution in [0.1, 0.15) is 6.92 Å². The van der Waals surface area contributed by atoms with E-state index >= 15 is 0 Å². The second kappa shape index (κ2) is 7.36. The van der Waals surface area contributed by atoms with Crippen molar-refractivity contribution in [2.24, 2.45) is 0 Å². The van der Waals surface area contributed by atoms with Crippen molar-refractivity contribution in [1.82, 2.24) is 14.8 Å². The van der Waals surface area contributed by atoms with Gasteiger partial charge in [-0.2, -0.15) is 0 Å². The molecule has 0 saturated carbocycles. The number of hydrogen-bond acceptors (Lipinski definition) is 5. The van der Waals surface area contributed by atoms with Gasteiger partial charge in [-0.1, -0.05) is 11.6 Å². The molecule has 1 unspecified atom stereocenters. The normalized spacial score (nSPS) is 21.8. The van der Waals surface area contributed by atoms with E-state index in [1.165, 1.54) is 6.92 Å². The predicted molar refractivity (Wildman–Crippen MR) is 90.0 cm³/mol. The molecule has 2 saturated heterocycles. The number of amides is 2. The number of carbonyl (C=O) groups is 2. The Morgan fingerprint density at radius 1 is 1.21 bits per heavy atom. The molecule has 0 aliphatic carbocycles. The highest BCUT2D eigenvalue weighted by molar-refractivity contribution is 6.30. The minimum Gasteiger partial charge on any atom is -0.377 e. The van der Waals surface area contributed by atoms with Crippen molar-refractivity contribution in [3.63, 3.8) is 0 Å². The average Bonchev–Trinajstić information content (AvgIpc) is 2.62. The first kappa shape index (κ1) is 17.0. The van der Waals surface area contributed by atoms with Gasteiger partial charge in [-0.15, -0.1) is 0 Å². The molecule has 0 N–H and O–H groups in total. The molecule has 0 radical (unpaired) electrons. The third-order valence-electron chi connectivity index (χ3n) is 4.45. The zero-order valence-electron chi connectivity index (χ0n) is 13.7. The summed E-state index contributed by atoms with van der Waals surface area (Å²) in [6, 6.07) is 3.19. The summed E-state index contributed by atoms with van der Waals surface area (Å²) in [5.41, 5.74) is 0. The molecule has 0 spiro atoms. The zero-order valence-corrected chi connectivity index (χ0v) is 14.4. The Kier molecular flexibility index (Phi) is 5.20. The number of pyridine rings is 1. The standard InChI is InChI=1S/C16H21ClN4O3/c1-12(22)21-8-9-24-11-14(21)16(23)20-6-4-19(5-7-20)15-3-2-13(17)10-18-15/h2-3,10,14H,4-9,11H2,1H3. The summed E-state index contributed by atoms with van der Waals surface area (Å²) in [5, 5.41) is 0.606. The van der Waals surface area contributed by atoms with E-state index < -0.39 is 6.04 Å². The van der Waals surface area contributed by atoms with E-state index in [-0.39, 0.29) is 18.4 Å². The van der Waals surface area contributed by atoms with Gasteiger partial charge in [0.25, 0.3) is 0 Å². The smallest absolute Gasteiger partial charge is 0.247 e. The lowest BCUT2D eigenvalue weighted by molar-refractivity contribution is -0.153. The number of nitrogens with zero attached hydrogens (tertiary/aromatic N) is 4. The van der Waals surface area contributed by atoms with Crippen LogP contribution in [0.2, 0.25) is 5.02 Å². The molecule has 0 aromatic carbocycles. The highest BCUT2D eigenvalue weighted by Crippen LogP contribution is 2.18. The minimum atomic E-state index is -0.503. The molecule has 1 atom stereocenters. The van der Waals surface area contributed by atoms with Crippen LogP contribution in [-0.4, -0.2) is 78.6 Å². The molecular weight excluding hydrogens is 332 g/mol. The molecule has 1 aromatic rings.